The highest BCUT2D eigenvalue weighted by Crippen LogP contribution is 2.33. The summed E-state index contributed by atoms with van der Waals surface area (Å²) in [5, 5.41) is 1.52. The molecule has 5 rings (SSSR count). The van der Waals surface area contributed by atoms with Gasteiger partial charge in [0.15, 0.2) is 4.80 Å². The van der Waals surface area contributed by atoms with Crippen molar-refractivity contribution in [3.05, 3.63) is 112 Å². The molecule has 0 fully saturated rings. The number of allylic oxidation sites excluding steroid dienone is 1. The van der Waals surface area contributed by atoms with Crippen molar-refractivity contribution in [2.75, 3.05) is 6.61 Å². The van der Waals surface area contributed by atoms with E-state index in [1.807, 2.05) is 0 Å². The highest BCUT2D eigenvalue weighted by molar-refractivity contribution is 7.07. The van der Waals surface area contributed by atoms with E-state index in [0.29, 0.717) is 58.3 Å². The molecule has 0 aliphatic carbocycles. The van der Waals surface area contributed by atoms with Gasteiger partial charge in [-0.05, 0) is 61.9 Å². The molecule has 0 amide bonds. The van der Waals surface area contributed by atoms with Crippen molar-refractivity contribution < 1.29 is 13.9 Å². The van der Waals surface area contributed by atoms with Crippen LogP contribution in [0, 0.1) is 0 Å². The summed E-state index contributed by atoms with van der Waals surface area (Å²) in [6.07, 6.45) is 1.65. The van der Waals surface area contributed by atoms with E-state index in [1.165, 1.54) is 15.9 Å². The summed E-state index contributed by atoms with van der Waals surface area (Å²) < 4.78 is 13.2. The standard InChI is InChI=1S/C27H19Cl3N2O4S/c1-3-35-26(34)23-14(2)31-27-32(24(23)15-4-6-16(28)7-5-15)25(33)22(37-27)13-18-9-11-21(36-18)19-10-8-17(29)12-20(19)30/h4-13,24H,3H2,1-2H3/b22-13-. The Morgan fingerprint density at radius 3 is 2.54 bits per heavy atom. The van der Waals surface area contributed by atoms with Crippen LogP contribution in [0.4, 0.5) is 0 Å². The van der Waals surface area contributed by atoms with Crippen LogP contribution in [0.2, 0.25) is 15.1 Å². The lowest BCUT2D eigenvalue weighted by molar-refractivity contribution is -0.139. The van der Waals surface area contributed by atoms with Gasteiger partial charge in [-0.1, -0.05) is 58.3 Å². The molecule has 1 atom stereocenters. The summed E-state index contributed by atoms with van der Waals surface area (Å²) in [6.45, 7) is 3.67. The molecule has 37 heavy (non-hydrogen) atoms. The van der Waals surface area contributed by atoms with E-state index in [0.717, 1.165) is 0 Å². The van der Waals surface area contributed by atoms with Crippen LogP contribution in [0.5, 0.6) is 0 Å². The number of esters is 1. The number of benzene rings is 2. The maximum atomic E-state index is 13.7. The fraction of sp³-hybridized carbons (Fsp3) is 0.148. The van der Waals surface area contributed by atoms with Gasteiger partial charge in [-0.25, -0.2) is 9.79 Å². The second-order valence-electron chi connectivity index (χ2n) is 8.18. The fourth-order valence-corrected chi connectivity index (χ4v) is 5.80. The average Bonchev–Trinajstić information content (AvgIpc) is 3.43. The van der Waals surface area contributed by atoms with Crippen molar-refractivity contribution in [3.63, 3.8) is 0 Å². The first-order chi connectivity index (χ1) is 17.8. The van der Waals surface area contributed by atoms with Crippen molar-refractivity contribution in [1.29, 1.82) is 0 Å². The van der Waals surface area contributed by atoms with Crippen LogP contribution in [0.25, 0.3) is 17.4 Å². The third kappa shape index (κ3) is 4.92. The molecule has 0 N–H and O–H groups in total. The Labute approximate surface area is 230 Å². The Balaban J connectivity index is 1.63. The first kappa shape index (κ1) is 25.5. The first-order valence-electron chi connectivity index (χ1n) is 11.3. The third-order valence-corrected chi connectivity index (χ3v) is 7.58. The Hall–Kier alpha value is -3.10. The molecule has 2 aromatic carbocycles. The van der Waals surface area contributed by atoms with Gasteiger partial charge in [-0.15, -0.1) is 0 Å². The van der Waals surface area contributed by atoms with Crippen LogP contribution in [-0.4, -0.2) is 17.1 Å². The zero-order chi connectivity index (χ0) is 26.3. The number of fused-ring (bicyclic) bond motifs is 1. The number of aromatic nitrogens is 1. The number of carbonyl (C=O) groups excluding carboxylic acids is 1. The predicted octanol–water partition coefficient (Wildman–Crippen LogP) is 6.02. The molecule has 3 heterocycles. The lowest BCUT2D eigenvalue weighted by Crippen LogP contribution is -2.39. The lowest BCUT2D eigenvalue weighted by atomic mass is 9.96. The molecule has 188 valence electrons. The van der Waals surface area contributed by atoms with Gasteiger partial charge in [0, 0.05) is 21.7 Å². The van der Waals surface area contributed by atoms with E-state index in [9.17, 15) is 9.59 Å². The molecule has 0 saturated heterocycles. The molecule has 1 unspecified atom stereocenters. The van der Waals surface area contributed by atoms with Crippen molar-refractivity contribution in [1.82, 2.24) is 4.57 Å². The smallest absolute Gasteiger partial charge is 0.338 e. The van der Waals surface area contributed by atoms with Gasteiger partial charge >= 0.3 is 5.97 Å². The van der Waals surface area contributed by atoms with E-state index in [4.69, 9.17) is 44.0 Å². The number of carbonyl (C=O) groups is 1. The van der Waals surface area contributed by atoms with Crippen molar-refractivity contribution >= 4 is 58.2 Å². The number of furan rings is 1. The van der Waals surface area contributed by atoms with Gasteiger partial charge in [-0.2, -0.15) is 0 Å². The average molecular weight is 574 g/mol. The minimum absolute atomic E-state index is 0.200. The van der Waals surface area contributed by atoms with E-state index in [2.05, 4.69) is 4.99 Å². The summed E-state index contributed by atoms with van der Waals surface area (Å²) >= 11 is 19.6. The molecule has 0 radical (unpaired) electrons. The van der Waals surface area contributed by atoms with Gasteiger partial charge < -0.3 is 9.15 Å². The van der Waals surface area contributed by atoms with Gasteiger partial charge in [0.25, 0.3) is 5.56 Å². The highest BCUT2D eigenvalue weighted by atomic mass is 35.5. The molecule has 0 bridgehead atoms. The van der Waals surface area contributed by atoms with Gasteiger partial charge in [0.1, 0.15) is 11.5 Å². The van der Waals surface area contributed by atoms with Crippen LogP contribution in [-0.2, 0) is 9.53 Å². The zero-order valence-electron chi connectivity index (χ0n) is 19.6. The number of hydrogen-bond acceptors (Lipinski definition) is 6. The second kappa shape index (κ2) is 10.3. The van der Waals surface area contributed by atoms with E-state index in [-0.39, 0.29) is 12.2 Å². The van der Waals surface area contributed by atoms with Gasteiger partial charge in [-0.3, -0.25) is 9.36 Å². The molecule has 4 aromatic rings. The SMILES string of the molecule is CCOC(=O)C1=C(C)N=c2s/c(=C\c3ccc(-c4ccc(Cl)cc4Cl)o3)c(=O)n2C1c1ccc(Cl)cc1. The van der Waals surface area contributed by atoms with E-state index < -0.39 is 12.0 Å². The quantitative estimate of drug-likeness (QED) is 0.274. The van der Waals surface area contributed by atoms with Crippen molar-refractivity contribution in [2.45, 2.75) is 19.9 Å². The van der Waals surface area contributed by atoms with Crippen molar-refractivity contribution in [2.24, 2.45) is 4.99 Å². The fourth-order valence-electron chi connectivity index (χ4n) is 4.15. The topological polar surface area (TPSA) is 73.8 Å². The lowest BCUT2D eigenvalue weighted by Gasteiger charge is -2.24. The van der Waals surface area contributed by atoms with Crippen LogP contribution >= 0.6 is 46.1 Å². The Bertz CT molecular complexity index is 1730. The molecule has 2 aromatic heterocycles. The van der Waals surface area contributed by atoms with Crippen LogP contribution in [0.3, 0.4) is 0 Å². The third-order valence-electron chi connectivity index (χ3n) is 5.80. The minimum Gasteiger partial charge on any atom is -0.463 e. The summed E-state index contributed by atoms with van der Waals surface area (Å²) in [5.41, 5.74) is 1.89. The largest absolute Gasteiger partial charge is 0.463 e. The molecule has 10 heteroatoms. The Morgan fingerprint density at radius 1 is 1.11 bits per heavy atom. The molecule has 0 spiro atoms. The number of thiazole rings is 1. The summed E-state index contributed by atoms with van der Waals surface area (Å²) in [6, 6.07) is 15.0. The van der Waals surface area contributed by atoms with Crippen molar-refractivity contribution in [3.8, 4) is 11.3 Å². The van der Waals surface area contributed by atoms with E-state index >= 15 is 0 Å². The number of hydrogen-bond donors (Lipinski definition) is 0. The zero-order valence-corrected chi connectivity index (χ0v) is 22.7. The number of rotatable bonds is 5. The monoisotopic (exact) mass is 572 g/mol. The van der Waals surface area contributed by atoms with E-state index in [1.54, 1.807) is 74.5 Å². The maximum Gasteiger partial charge on any atom is 0.338 e. The van der Waals surface area contributed by atoms with Gasteiger partial charge in [0.2, 0.25) is 0 Å². The molecular weight excluding hydrogens is 555 g/mol. The normalized spacial score (nSPS) is 15.5. The second-order valence-corrected chi connectivity index (χ2v) is 10.5. The van der Waals surface area contributed by atoms with Crippen LogP contribution in [0.1, 0.15) is 31.2 Å². The highest BCUT2D eigenvalue weighted by Gasteiger charge is 2.33. The number of nitrogens with zero attached hydrogens (tertiary/aromatic N) is 2. The molecule has 0 saturated carbocycles. The molecule has 1 aliphatic heterocycles. The molecule has 1 aliphatic rings. The predicted molar refractivity (Wildman–Crippen MR) is 146 cm³/mol. The summed E-state index contributed by atoms with van der Waals surface area (Å²) in [4.78, 5) is 31.7. The first-order valence-corrected chi connectivity index (χ1v) is 13.2. The van der Waals surface area contributed by atoms with Crippen LogP contribution in [0.15, 0.2) is 80.1 Å². The maximum absolute atomic E-state index is 13.7. The van der Waals surface area contributed by atoms with Gasteiger partial charge in [0.05, 0.1) is 33.5 Å². The molecular formula is C27H19Cl3N2O4S. The number of halogens is 3. The van der Waals surface area contributed by atoms with Crippen LogP contribution < -0.4 is 14.9 Å². The Morgan fingerprint density at radius 2 is 1.84 bits per heavy atom. The minimum atomic E-state index is -0.713. The molecule has 6 nitrogen and oxygen atoms in total. The Kier molecular flexibility index (Phi) is 7.14. The summed E-state index contributed by atoms with van der Waals surface area (Å²) in [5.74, 6) is 0.490. The number of ether oxygens (including phenoxy) is 1. The summed E-state index contributed by atoms with van der Waals surface area (Å²) in [7, 11) is 0.